The summed E-state index contributed by atoms with van der Waals surface area (Å²) in [6.07, 6.45) is 4.58. The number of rotatable bonds is 1. The van der Waals surface area contributed by atoms with Gasteiger partial charge in [0, 0.05) is 31.4 Å². The molecule has 1 aliphatic heterocycles. The van der Waals surface area contributed by atoms with Crippen LogP contribution in [0.1, 0.15) is 54.5 Å². The Balaban J connectivity index is 1.87. The van der Waals surface area contributed by atoms with Crippen LogP contribution in [0.4, 0.5) is 0 Å². The highest BCUT2D eigenvalue weighted by Gasteiger charge is 2.58. The number of imide groups is 1. The monoisotopic (exact) mass is 301 g/mol. The summed E-state index contributed by atoms with van der Waals surface area (Å²) in [5, 5.41) is 3.00. The lowest BCUT2D eigenvalue weighted by Crippen LogP contribution is -2.43. The number of aromatic amines is 1. The Morgan fingerprint density at radius 3 is 2.64 bits per heavy atom. The molecule has 5 nitrogen and oxygen atoms in total. The number of nitrogens with zero attached hydrogens (tertiary/aromatic N) is 2. The number of carbonyl (C=O) groups is 2. The van der Waals surface area contributed by atoms with Crippen LogP contribution in [0, 0.1) is 18.8 Å². The van der Waals surface area contributed by atoms with E-state index < -0.39 is 0 Å². The fourth-order valence-electron chi connectivity index (χ4n) is 4.97. The van der Waals surface area contributed by atoms with Crippen LogP contribution in [0.3, 0.4) is 0 Å². The quantitative estimate of drug-likeness (QED) is 0.809. The molecule has 3 aliphatic rings. The van der Waals surface area contributed by atoms with Crippen molar-refractivity contribution in [2.75, 3.05) is 14.1 Å². The lowest BCUT2D eigenvalue weighted by Gasteiger charge is -2.40. The first-order valence-corrected chi connectivity index (χ1v) is 8.25. The third kappa shape index (κ3) is 1.69. The Hall–Kier alpha value is -1.62. The number of aromatic nitrogens is 1. The van der Waals surface area contributed by atoms with E-state index in [1.165, 1.54) is 23.5 Å². The van der Waals surface area contributed by atoms with E-state index in [-0.39, 0.29) is 23.7 Å². The van der Waals surface area contributed by atoms with Crippen LogP contribution < -0.4 is 0 Å². The lowest BCUT2D eigenvalue weighted by atomic mass is 9.62. The Kier molecular flexibility index (Phi) is 2.98. The molecule has 0 bridgehead atoms. The maximum Gasteiger partial charge on any atom is 0.252 e. The highest BCUT2D eigenvalue weighted by Crippen LogP contribution is 2.55. The van der Waals surface area contributed by atoms with Gasteiger partial charge in [-0.3, -0.25) is 9.59 Å². The Labute approximate surface area is 130 Å². The molecule has 22 heavy (non-hydrogen) atoms. The molecule has 0 aromatic carbocycles. The molecule has 1 N–H and O–H groups in total. The molecule has 118 valence electrons. The standard InChI is InChI=1S/C17H23N3O2/c1-9-8-12-14-13(16(21)20(17(14)22)19(2)3)10-6-4-5-7-11(10)15(12)18-9/h8,10-11,13-14,18H,4-7H2,1-3H3/t10-,11+,13-,14+/m0/s1. The van der Waals surface area contributed by atoms with E-state index in [0.717, 1.165) is 24.1 Å². The molecule has 5 heteroatoms. The van der Waals surface area contributed by atoms with Gasteiger partial charge in [0.15, 0.2) is 0 Å². The molecule has 1 saturated carbocycles. The number of hydrogen-bond donors (Lipinski definition) is 1. The van der Waals surface area contributed by atoms with Crippen molar-refractivity contribution >= 4 is 11.8 Å². The van der Waals surface area contributed by atoms with Gasteiger partial charge < -0.3 is 4.98 Å². The van der Waals surface area contributed by atoms with E-state index in [0.29, 0.717) is 11.8 Å². The van der Waals surface area contributed by atoms with E-state index in [1.807, 2.05) is 6.92 Å². The van der Waals surface area contributed by atoms with Crippen molar-refractivity contribution in [1.29, 1.82) is 0 Å². The van der Waals surface area contributed by atoms with Gasteiger partial charge in [0.25, 0.3) is 5.91 Å². The molecule has 2 aliphatic carbocycles. The van der Waals surface area contributed by atoms with Gasteiger partial charge in [-0.25, -0.2) is 10.0 Å². The topological polar surface area (TPSA) is 56.4 Å². The second kappa shape index (κ2) is 4.69. The largest absolute Gasteiger partial charge is 0.362 e. The van der Waals surface area contributed by atoms with Gasteiger partial charge in [-0.2, -0.15) is 0 Å². The molecule has 4 atom stereocenters. The van der Waals surface area contributed by atoms with Crippen molar-refractivity contribution in [2.45, 2.75) is 44.4 Å². The molecule has 0 spiro atoms. The summed E-state index contributed by atoms with van der Waals surface area (Å²) < 4.78 is 0. The van der Waals surface area contributed by atoms with Gasteiger partial charge >= 0.3 is 0 Å². The number of amides is 2. The van der Waals surface area contributed by atoms with E-state index in [1.54, 1.807) is 19.1 Å². The second-order valence-corrected chi connectivity index (χ2v) is 7.22. The van der Waals surface area contributed by atoms with Crippen molar-refractivity contribution in [2.24, 2.45) is 11.8 Å². The van der Waals surface area contributed by atoms with E-state index in [4.69, 9.17) is 0 Å². The molecule has 4 rings (SSSR count). The number of H-pyrrole nitrogens is 1. The molecule has 2 amide bonds. The molecule has 2 heterocycles. The normalized spacial score (nSPS) is 33.9. The predicted molar refractivity (Wildman–Crippen MR) is 82.0 cm³/mol. The highest BCUT2D eigenvalue weighted by atomic mass is 16.2. The molecule has 1 aromatic heterocycles. The van der Waals surface area contributed by atoms with Crippen LogP contribution in [0.25, 0.3) is 0 Å². The zero-order valence-corrected chi connectivity index (χ0v) is 13.4. The highest BCUT2D eigenvalue weighted by molar-refractivity contribution is 6.08. The average molecular weight is 301 g/mol. The molecule has 0 radical (unpaired) electrons. The Morgan fingerprint density at radius 2 is 1.91 bits per heavy atom. The summed E-state index contributed by atoms with van der Waals surface area (Å²) in [6.45, 7) is 2.04. The number of nitrogens with one attached hydrogen (secondary N) is 1. The third-order valence-corrected chi connectivity index (χ3v) is 5.73. The summed E-state index contributed by atoms with van der Waals surface area (Å²) in [6, 6.07) is 2.09. The van der Waals surface area contributed by atoms with Gasteiger partial charge in [-0.15, -0.1) is 0 Å². The van der Waals surface area contributed by atoms with Crippen molar-refractivity contribution in [3.8, 4) is 0 Å². The van der Waals surface area contributed by atoms with Crippen LogP contribution in [0.5, 0.6) is 0 Å². The van der Waals surface area contributed by atoms with Crippen LogP contribution in [-0.4, -0.2) is 40.9 Å². The maximum absolute atomic E-state index is 12.9. The molecule has 0 unspecified atom stereocenters. The molecule has 2 fully saturated rings. The first-order chi connectivity index (χ1) is 10.5. The molecule has 1 aromatic rings. The zero-order chi connectivity index (χ0) is 15.6. The number of carbonyl (C=O) groups excluding carboxylic acids is 2. The van der Waals surface area contributed by atoms with Gasteiger partial charge in [-0.1, -0.05) is 12.8 Å². The molecule has 1 saturated heterocycles. The van der Waals surface area contributed by atoms with Crippen LogP contribution in [-0.2, 0) is 9.59 Å². The number of hydrogen-bond acceptors (Lipinski definition) is 3. The maximum atomic E-state index is 12.9. The van der Waals surface area contributed by atoms with Gasteiger partial charge in [0.1, 0.15) is 0 Å². The van der Waals surface area contributed by atoms with Crippen molar-refractivity contribution in [3.63, 3.8) is 0 Å². The molecular weight excluding hydrogens is 278 g/mol. The average Bonchev–Trinajstić information content (AvgIpc) is 2.97. The third-order valence-electron chi connectivity index (χ3n) is 5.73. The van der Waals surface area contributed by atoms with Gasteiger partial charge in [-0.05, 0) is 37.3 Å². The second-order valence-electron chi connectivity index (χ2n) is 7.22. The fraction of sp³-hybridized carbons (Fsp3) is 0.647. The summed E-state index contributed by atoms with van der Waals surface area (Å²) in [5.74, 6) is 0.228. The zero-order valence-electron chi connectivity index (χ0n) is 13.4. The summed E-state index contributed by atoms with van der Waals surface area (Å²) in [4.78, 5) is 29.3. The minimum atomic E-state index is -0.283. The SMILES string of the molecule is Cc1cc2c([nH]1)[C@@H]1CCCC[C@@H]1[C@@H]1C(=O)N(N(C)C)C(=O)[C@H]21. The first kappa shape index (κ1) is 14.0. The predicted octanol–water partition coefficient (Wildman–Crippen LogP) is 2.16. The van der Waals surface area contributed by atoms with E-state index >= 15 is 0 Å². The smallest absolute Gasteiger partial charge is 0.252 e. The number of aryl methyl sites for hydroxylation is 1. The van der Waals surface area contributed by atoms with Crippen molar-refractivity contribution in [1.82, 2.24) is 15.0 Å². The number of hydrazine groups is 1. The van der Waals surface area contributed by atoms with E-state index in [9.17, 15) is 9.59 Å². The van der Waals surface area contributed by atoms with E-state index in [2.05, 4.69) is 11.1 Å². The van der Waals surface area contributed by atoms with Crippen molar-refractivity contribution < 1.29 is 9.59 Å². The van der Waals surface area contributed by atoms with Gasteiger partial charge in [0.05, 0.1) is 11.8 Å². The first-order valence-electron chi connectivity index (χ1n) is 8.25. The minimum Gasteiger partial charge on any atom is -0.362 e. The fourth-order valence-corrected chi connectivity index (χ4v) is 4.97. The summed E-state index contributed by atoms with van der Waals surface area (Å²) >= 11 is 0. The van der Waals surface area contributed by atoms with Gasteiger partial charge in [0.2, 0.25) is 5.91 Å². The van der Waals surface area contributed by atoms with Crippen LogP contribution in [0.15, 0.2) is 6.07 Å². The van der Waals surface area contributed by atoms with Crippen LogP contribution >= 0.6 is 0 Å². The minimum absolute atomic E-state index is 0.00130. The molecular formula is C17H23N3O2. The summed E-state index contributed by atoms with van der Waals surface area (Å²) in [7, 11) is 3.55. The van der Waals surface area contributed by atoms with Crippen LogP contribution in [0.2, 0.25) is 0 Å². The number of fused-ring (bicyclic) bond motifs is 6. The van der Waals surface area contributed by atoms with Crippen molar-refractivity contribution in [3.05, 3.63) is 23.0 Å². The Bertz CT molecular complexity index is 648. The Morgan fingerprint density at radius 1 is 1.18 bits per heavy atom. The summed E-state index contributed by atoms with van der Waals surface area (Å²) in [5.41, 5.74) is 3.40. The lowest BCUT2D eigenvalue weighted by molar-refractivity contribution is -0.154.